The third-order valence-corrected chi connectivity index (χ3v) is 10.4. The van der Waals surface area contributed by atoms with Crippen LogP contribution in [0.4, 0.5) is 0 Å². The van der Waals surface area contributed by atoms with Gasteiger partial charge in [0.15, 0.2) is 0 Å². The third-order valence-electron chi connectivity index (χ3n) is 6.12. The van der Waals surface area contributed by atoms with Crippen molar-refractivity contribution in [2.24, 2.45) is 22.2 Å². The van der Waals surface area contributed by atoms with E-state index in [2.05, 4.69) is 51.8 Å². The van der Waals surface area contributed by atoms with Crippen molar-refractivity contribution in [3.05, 3.63) is 19.8 Å². The van der Waals surface area contributed by atoms with Gasteiger partial charge in [-0.15, -0.1) is 11.3 Å². The zero-order valence-corrected chi connectivity index (χ0v) is 17.3. The number of halogens is 3. The van der Waals surface area contributed by atoms with Gasteiger partial charge in [0.1, 0.15) is 4.34 Å². The largest absolute Gasteiger partial charge is 0.126 e. The Morgan fingerprint density at radius 2 is 1.81 bits per heavy atom. The maximum atomic E-state index is 6.29. The molecule has 3 unspecified atom stereocenters. The van der Waals surface area contributed by atoms with Crippen molar-refractivity contribution >= 4 is 54.8 Å². The molecule has 0 N–H and O–H groups in total. The highest BCUT2D eigenvalue weighted by atomic mass is 79.9. The molecule has 1 aromatic heterocycles. The topological polar surface area (TPSA) is 0 Å². The second-order valence-corrected chi connectivity index (χ2v) is 12.1. The van der Waals surface area contributed by atoms with Crippen LogP contribution in [0, 0.1) is 22.2 Å². The molecular weight excluding hydrogens is 432 g/mol. The molecule has 4 aliphatic rings. The van der Waals surface area contributed by atoms with Gasteiger partial charge < -0.3 is 0 Å². The molecule has 0 aliphatic heterocycles. The predicted molar refractivity (Wildman–Crippen MR) is 98.5 cm³/mol. The molecule has 21 heavy (non-hydrogen) atoms. The van der Waals surface area contributed by atoms with E-state index in [0.717, 1.165) is 14.7 Å². The van der Waals surface area contributed by atoms with Crippen molar-refractivity contribution in [3.63, 3.8) is 0 Å². The fraction of sp³-hybridized carbons (Fsp3) is 0.765. The molecule has 0 saturated heterocycles. The summed E-state index contributed by atoms with van der Waals surface area (Å²) in [6, 6.07) is 2.23. The minimum Gasteiger partial charge on any atom is -0.126 e. The van der Waals surface area contributed by atoms with Crippen LogP contribution in [0.15, 0.2) is 10.5 Å². The smallest absolute Gasteiger partial charge is 0.107 e. The molecule has 3 atom stereocenters. The Kier molecular flexibility index (Phi) is 3.49. The van der Waals surface area contributed by atoms with Gasteiger partial charge in [0.2, 0.25) is 0 Å². The predicted octanol–water partition coefficient (Wildman–Crippen LogP) is 7.60. The maximum Gasteiger partial charge on any atom is 0.107 e. The van der Waals surface area contributed by atoms with E-state index in [1.165, 1.54) is 43.4 Å². The maximum absolute atomic E-state index is 6.29. The summed E-state index contributed by atoms with van der Waals surface area (Å²) < 4.78 is 1.94. The van der Waals surface area contributed by atoms with Crippen molar-refractivity contribution in [2.75, 3.05) is 0 Å². The van der Waals surface area contributed by atoms with Crippen LogP contribution in [0.5, 0.6) is 0 Å². The normalized spacial score (nSPS) is 46.0. The third kappa shape index (κ3) is 2.40. The highest BCUT2D eigenvalue weighted by Gasteiger charge is 2.62. The van der Waals surface area contributed by atoms with Gasteiger partial charge in [-0.1, -0.05) is 41.4 Å². The molecule has 1 heterocycles. The lowest BCUT2D eigenvalue weighted by Crippen LogP contribution is -2.56. The van der Waals surface area contributed by atoms with Crippen LogP contribution in [-0.2, 0) is 0 Å². The summed E-state index contributed by atoms with van der Waals surface area (Å²) in [5.74, 6) is 0.940. The van der Waals surface area contributed by atoms with Crippen LogP contribution in [0.25, 0.3) is 0 Å². The van der Waals surface area contributed by atoms with Gasteiger partial charge in [-0.3, -0.25) is 0 Å². The van der Waals surface area contributed by atoms with Crippen molar-refractivity contribution in [2.45, 2.75) is 57.2 Å². The van der Waals surface area contributed by atoms with Gasteiger partial charge in [0, 0.05) is 9.35 Å². The Labute approximate surface area is 153 Å². The van der Waals surface area contributed by atoms with E-state index in [9.17, 15) is 0 Å². The van der Waals surface area contributed by atoms with Crippen molar-refractivity contribution in [1.82, 2.24) is 0 Å². The first-order valence-corrected chi connectivity index (χ1v) is 10.7. The number of alkyl halides is 1. The first-order chi connectivity index (χ1) is 9.73. The van der Waals surface area contributed by atoms with Gasteiger partial charge >= 0.3 is 0 Å². The summed E-state index contributed by atoms with van der Waals surface area (Å²) >= 11 is 15.7. The molecule has 4 saturated carbocycles. The number of hydrogen-bond acceptors (Lipinski definition) is 1. The molecule has 5 rings (SSSR count). The fourth-order valence-corrected chi connectivity index (χ4v) is 9.39. The molecule has 0 amide bonds. The summed E-state index contributed by atoms with van der Waals surface area (Å²) in [4.78, 5) is 1.86. The quantitative estimate of drug-likeness (QED) is 0.405. The zero-order chi connectivity index (χ0) is 15.0. The summed E-state index contributed by atoms with van der Waals surface area (Å²) in [5, 5.41) is 0. The van der Waals surface area contributed by atoms with E-state index in [1.807, 2.05) is 0 Å². The monoisotopic (exact) mass is 450 g/mol. The summed E-state index contributed by atoms with van der Waals surface area (Å²) in [7, 11) is 0. The molecule has 4 heteroatoms. The molecule has 4 aliphatic carbocycles. The van der Waals surface area contributed by atoms with E-state index in [1.54, 1.807) is 11.3 Å². The van der Waals surface area contributed by atoms with Crippen LogP contribution in [0.3, 0.4) is 0 Å². The second-order valence-electron chi connectivity index (χ2n) is 8.63. The zero-order valence-electron chi connectivity index (χ0n) is 12.5. The van der Waals surface area contributed by atoms with Crippen molar-refractivity contribution in [1.29, 1.82) is 0 Å². The highest BCUT2D eigenvalue weighted by molar-refractivity contribution is 9.10. The van der Waals surface area contributed by atoms with E-state index >= 15 is 0 Å². The molecule has 4 fully saturated rings. The number of hydrogen-bond donors (Lipinski definition) is 0. The van der Waals surface area contributed by atoms with E-state index < -0.39 is 0 Å². The molecule has 4 bridgehead atoms. The van der Waals surface area contributed by atoms with Gasteiger partial charge in [-0.2, -0.15) is 0 Å². The average Bonchev–Trinajstić information content (AvgIpc) is 2.64. The van der Waals surface area contributed by atoms with Crippen molar-refractivity contribution in [3.8, 4) is 0 Å². The molecule has 116 valence electrons. The lowest BCUT2D eigenvalue weighted by molar-refractivity contribution is -0.144. The van der Waals surface area contributed by atoms with Crippen molar-refractivity contribution < 1.29 is 0 Å². The van der Waals surface area contributed by atoms with Gasteiger partial charge in [-0.05, 0) is 82.7 Å². The Bertz CT molecular complexity index is 558. The van der Waals surface area contributed by atoms with Crippen LogP contribution >= 0.6 is 54.8 Å². The Hall–Kier alpha value is 0.950. The molecular formula is C17H21Br2ClS. The SMILES string of the molecule is CC12CC3CC(C)(C1)CC(C(Br)c1cc(Br)c(Cl)s1)(C3)C2. The van der Waals surface area contributed by atoms with Crippen LogP contribution in [0.1, 0.15) is 62.1 Å². The van der Waals surface area contributed by atoms with Gasteiger partial charge in [0.25, 0.3) is 0 Å². The summed E-state index contributed by atoms with van der Waals surface area (Å²) in [6.07, 6.45) is 8.52. The Morgan fingerprint density at radius 3 is 2.29 bits per heavy atom. The standard InChI is InChI=1S/C17H21Br2ClS/c1-15-4-10-5-16(2,7-15)9-17(6-10,8-15)13(19)12-3-11(18)14(20)21-12/h3,10,13H,4-9H2,1-2H3. The molecule has 0 aromatic carbocycles. The van der Waals surface area contributed by atoms with E-state index in [-0.39, 0.29) is 0 Å². The Morgan fingerprint density at radius 1 is 1.19 bits per heavy atom. The number of thiophene rings is 1. The summed E-state index contributed by atoms with van der Waals surface area (Å²) in [6.45, 7) is 5.09. The minimum absolute atomic E-state index is 0.441. The lowest BCUT2D eigenvalue weighted by atomic mass is 9.40. The van der Waals surface area contributed by atoms with Gasteiger partial charge in [0.05, 0.1) is 4.83 Å². The first kappa shape index (κ1) is 15.5. The van der Waals surface area contributed by atoms with E-state index in [0.29, 0.717) is 21.1 Å². The molecule has 0 spiro atoms. The highest BCUT2D eigenvalue weighted by Crippen LogP contribution is 2.73. The number of rotatable bonds is 2. The second kappa shape index (κ2) is 4.74. The van der Waals surface area contributed by atoms with Gasteiger partial charge in [-0.25, -0.2) is 0 Å². The first-order valence-electron chi connectivity index (χ1n) is 7.82. The minimum atomic E-state index is 0.441. The average molecular weight is 453 g/mol. The molecule has 0 radical (unpaired) electrons. The van der Waals surface area contributed by atoms with Crippen LogP contribution in [-0.4, -0.2) is 0 Å². The van der Waals surface area contributed by atoms with Crippen LogP contribution < -0.4 is 0 Å². The lowest BCUT2D eigenvalue weighted by Gasteiger charge is -2.66. The molecule has 1 aromatic rings. The molecule has 0 nitrogen and oxygen atoms in total. The Balaban J connectivity index is 1.73. The van der Waals surface area contributed by atoms with E-state index in [4.69, 9.17) is 11.6 Å². The van der Waals surface area contributed by atoms with Crippen LogP contribution in [0.2, 0.25) is 4.34 Å². The summed E-state index contributed by atoms with van der Waals surface area (Å²) in [5.41, 5.74) is 1.58. The fourth-order valence-electron chi connectivity index (χ4n) is 6.61.